The van der Waals surface area contributed by atoms with Crippen molar-refractivity contribution in [1.82, 2.24) is 4.90 Å². The first-order chi connectivity index (χ1) is 13.9. The number of carbonyl (C=O) groups excluding carboxylic acids is 2. The van der Waals surface area contributed by atoms with E-state index in [-0.39, 0.29) is 25.0 Å². The second-order valence-corrected chi connectivity index (χ2v) is 7.49. The average molecular weight is 396 g/mol. The number of fused-ring (bicyclic) bond motifs is 4. The summed E-state index contributed by atoms with van der Waals surface area (Å²) in [6.45, 7) is 2.35. The van der Waals surface area contributed by atoms with Gasteiger partial charge >= 0.3 is 0 Å². The van der Waals surface area contributed by atoms with E-state index in [9.17, 15) is 9.59 Å². The number of primary amides is 1. The van der Waals surface area contributed by atoms with Gasteiger partial charge in [0.15, 0.2) is 17.2 Å². The fraction of sp³-hybridized carbons (Fsp3) is 0.364. The molecule has 0 spiro atoms. The number of nitrogens with two attached hydrogens (primary N) is 1. The van der Waals surface area contributed by atoms with Gasteiger partial charge in [0.2, 0.25) is 11.8 Å². The Morgan fingerprint density at radius 1 is 1.21 bits per heavy atom. The number of para-hydroxylation sites is 3. The van der Waals surface area contributed by atoms with Crippen LogP contribution in [-0.4, -0.2) is 42.7 Å². The van der Waals surface area contributed by atoms with Crippen LogP contribution in [0.5, 0.6) is 17.2 Å². The van der Waals surface area contributed by atoms with Crippen LogP contribution in [0.25, 0.3) is 0 Å². The van der Waals surface area contributed by atoms with Crippen LogP contribution in [-0.2, 0) is 9.59 Å². The molecule has 29 heavy (non-hydrogen) atoms. The number of benzene rings is 2. The van der Waals surface area contributed by atoms with Crippen molar-refractivity contribution in [3.05, 3.63) is 54.1 Å². The van der Waals surface area contributed by atoms with Crippen molar-refractivity contribution in [1.29, 1.82) is 0 Å². The predicted octanol–water partition coefficient (Wildman–Crippen LogP) is 2.30. The van der Waals surface area contributed by atoms with E-state index in [1.807, 2.05) is 43.3 Å². The fourth-order valence-electron chi connectivity index (χ4n) is 4.36. The Bertz CT molecular complexity index is 946. The number of piperidine rings is 1. The zero-order valence-corrected chi connectivity index (χ0v) is 16.5. The lowest BCUT2D eigenvalue weighted by Gasteiger charge is -2.52. The van der Waals surface area contributed by atoms with Crippen LogP contribution in [0.2, 0.25) is 0 Å². The van der Waals surface area contributed by atoms with Crippen LogP contribution >= 0.6 is 0 Å². The van der Waals surface area contributed by atoms with Crippen molar-refractivity contribution < 1.29 is 23.8 Å². The average Bonchev–Trinajstić information content (AvgIpc) is 2.70. The molecule has 0 saturated carbocycles. The van der Waals surface area contributed by atoms with Crippen molar-refractivity contribution in [3.63, 3.8) is 0 Å². The summed E-state index contributed by atoms with van der Waals surface area (Å²) in [6.07, 6.45) is 0.498. The van der Waals surface area contributed by atoms with E-state index in [2.05, 4.69) is 0 Å². The van der Waals surface area contributed by atoms with Crippen molar-refractivity contribution in [3.8, 4) is 17.2 Å². The second kappa shape index (κ2) is 7.31. The van der Waals surface area contributed by atoms with Gasteiger partial charge in [0, 0.05) is 12.3 Å². The number of amides is 2. The summed E-state index contributed by atoms with van der Waals surface area (Å²) in [7, 11) is 1.57. The fourth-order valence-corrected chi connectivity index (χ4v) is 4.36. The maximum Gasteiger partial charge on any atom is 0.238 e. The van der Waals surface area contributed by atoms with E-state index in [0.29, 0.717) is 23.7 Å². The van der Waals surface area contributed by atoms with Gasteiger partial charge in [0.25, 0.3) is 0 Å². The maximum atomic E-state index is 13.2. The Kier molecular flexibility index (Phi) is 4.82. The molecule has 0 aromatic heterocycles. The molecule has 7 heteroatoms. The molecule has 2 amide bonds. The quantitative estimate of drug-likeness (QED) is 0.757. The van der Waals surface area contributed by atoms with Gasteiger partial charge in [0.05, 0.1) is 13.7 Å². The zero-order chi connectivity index (χ0) is 20.6. The lowest BCUT2D eigenvalue weighted by Crippen LogP contribution is -2.65. The highest BCUT2D eigenvalue weighted by Crippen LogP contribution is 2.49. The highest BCUT2D eigenvalue weighted by atomic mass is 16.5. The minimum atomic E-state index is -0.917. The third-order valence-electron chi connectivity index (χ3n) is 5.70. The largest absolute Gasteiger partial charge is 0.493 e. The molecular formula is C22H24N2O5. The summed E-state index contributed by atoms with van der Waals surface area (Å²) in [6, 6.07) is 14.8. The Hall–Kier alpha value is -3.22. The second-order valence-electron chi connectivity index (χ2n) is 7.49. The van der Waals surface area contributed by atoms with Crippen LogP contribution in [0.1, 0.15) is 24.8 Å². The summed E-state index contributed by atoms with van der Waals surface area (Å²) in [5, 5.41) is 0. The lowest BCUT2D eigenvalue weighted by atomic mass is 9.73. The molecule has 1 fully saturated rings. The zero-order valence-electron chi connectivity index (χ0n) is 16.5. The van der Waals surface area contributed by atoms with Crippen LogP contribution in [0.15, 0.2) is 48.5 Å². The van der Waals surface area contributed by atoms with Gasteiger partial charge in [-0.25, -0.2) is 0 Å². The number of likely N-dealkylation sites (tertiary alicyclic amines) is 1. The molecule has 1 saturated heterocycles. The van der Waals surface area contributed by atoms with Gasteiger partial charge in [-0.15, -0.1) is 0 Å². The van der Waals surface area contributed by atoms with Gasteiger partial charge in [0.1, 0.15) is 18.3 Å². The van der Waals surface area contributed by atoms with Crippen molar-refractivity contribution in [2.75, 3.05) is 20.3 Å². The summed E-state index contributed by atoms with van der Waals surface area (Å²) in [5.41, 5.74) is 5.62. The summed E-state index contributed by atoms with van der Waals surface area (Å²) in [5.74, 6) is -0.268. The Balaban J connectivity index is 1.59. The summed E-state index contributed by atoms with van der Waals surface area (Å²) >= 11 is 0. The summed E-state index contributed by atoms with van der Waals surface area (Å²) < 4.78 is 17.3. The van der Waals surface area contributed by atoms with Crippen LogP contribution in [0.4, 0.5) is 0 Å². The number of hydrogen-bond donors (Lipinski definition) is 1. The number of ether oxygens (including phenoxy) is 3. The van der Waals surface area contributed by atoms with Gasteiger partial charge in [-0.2, -0.15) is 0 Å². The number of hydrogen-bond acceptors (Lipinski definition) is 5. The minimum absolute atomic E-state index is 0.225. The molecule has 2 bridgehead atoms. The van der Waals surface area contributed by atoms with E-state index < -0.39 is 17.6 Å². The molecule has 0 aliphatic carbocycles. The molecule has 2 aliphatic heterocycles. The van der Waals surface area contributed by atoms with E-state index in [4.69, 9.17) is 19.9 Å². The minimum Gasteiger partial charge on any atom is -0.493 e. The van der Waals surface area contributed by atoms with Crippen LogP contribution < -0.4 is 19.9 Å². The molecule has 3 atom stereocenters. The molecule has 0 radical (unpaired) electrons. The first-order valence-corrected chi connectivity index (χ1v) is 9.59. The SMILES string of the molecule is COc1ccccc1OCCN1C(=O)[C@@H](C(N)=O)[C@H]2C[C@@]1(C)Oc1ccccc12. The Morgan fingerprint density at radius 3 is 2.62 bits per heavy atom. The standard InChI is InChI=1S/C22H24N2O5/c1-22-13-15(14-7-3-4-8-16(14)29-22)19(20(23)25)21(26)24(22)11-12-28-18-10-6-5-9-17(18)27-2/h3-10,15,19H,11-13H2,1-2H3,(H2,23,25)/t15-,19+,22+/m0/s1. The van der Waals surface area contributed by atoms with Gasteiger partial charge in [-0.1, -0.05) is 30.3 Å². The highest BCUT2D eigenvalue weighted by Gasteiger charge is 2.55. The van der Waals surface area contributed by atoms with Crippen LogP contribution in [0.3, 0.4) is 0 Å². The molecule has 0 unspecified atom stereocenters. The molecule has 2 aromatic carbocycles. The summed E-state index contributed by atoms with van der Waals surface area (Å²) in [4.78, 5) is 27.0. The van der Waals surface area contributed by atoms with E-state index in [0.717, 1.165) is 5.56 Å². The first-order valence-electron chi connectivity index (χ1n) is 9.59. The van der Waals surface area contributed by atoms with E-state index in [1.54, 1.807) is 24.1 Å². The smallest absolute Gasteiger partial charge is 0.238 e. The Morgan fingerprint density at radius 2 is 1.90 bits per heavy atom. The number of nitrogens with zero attached hydrogens (tertiary/aromatic N) is 1. The molecule has 2 aromatic rings. The van der Waals surface area contributed by atoms with Crippen molar-refractivity contribution >= 4 is 11.8 Å². The highest BCUT2D eigenvalue weighted by molar-refractivity contribution is 6.01. The molecule has 2 N–H and O–H groups in total. The topological polar surface area (TPSA) is 91.1 Å². The molecular weight excluding hydrogens is 372 g/mol. The van der Waals surface area contributed by atoms with Gasteiger partial charge in [-0.05, 0) is 30.7 Å². The van der Waals surface area contributed by atoms with Crippen molar-refractivity contribution in [2.24, 2.45) is 11.7 Å². The lowest BCUT2D eigenvalue weighted by molar-refractivity contribution is -0.176. The van der Waals surface area contributed by atoms with Gasteiger partial charge in [-0.3, -0.25) is 9.59 Å². The normalized spacial score (nSPS) is 25.0. The van der Waals surface area contributed by atoms with E-state index in [1.165, 1.54) is 0 Å². The number of methoxy groups -OCH3 is 1. The third kappa shape index (κ3) is 3.26. The maximum absolute atomic E-state index is 13.2. The molecule has 152 valence electrons. The Labute approximate surface area is 169 Å². The van der Waals surface area contributed by atoms with Gasteiger partial charge < -0.3 is 24.8 Å². The van der Waals surface area contributed by atoms with Crippen LogP contribution in [0, 0.1) is 5.92 Å². The van der Waals surface area contributed by atoms with Crippen molar-refractivity contribution in [2.45, 2.75) is 25.0 Å². The molecule has 4 rings (SSSR count). The third-order valence-corrected chi connectivity index (χ3v) is 5.70. The monoisotopic (exact) mass is 396 g/mol. The predicted molar refractivity (Wildman–Crippen MR) is 106 cm³/mol. The molecule has 2 aliphatic rings. The molecule has 2 heterocycles. The first kappa shape index (κ1) is 19.1. The van der Waals surface area contributed by atoms with E-state index >= 15 is 0 Å². The molecule has 7 nitrogen and oxygen atoms in total. The number of rotatable bonds is 6. The number of carbonyl (C=O) groups is 2.